The van der Waals surface area contributed by atoms with Crippen molar-refractivity contribution in [3.05, 3.63) is 155 Å². The van der Waals surface area contributed by atoms with Crippen molar-refractivity contribution in [1.82, 2.24) is 4.57 Å². The Hall–Kier alpha value is -4.73. The van der Waals surface area contributed by atoms with E-state index in [2.05, 4.69) is 21.2 Å². The van der Waals surface area contributed by atoms with E-state index in [9.17, 15) is 9.59 Å². The summed E-state index contributed by atoms with van der Waals surface area (Å²) in [5.41, 5.74) is 3.86. The van der Waals surface area contributed by atoms with E-state index in [-0.39, 0.29) is 11.5 Å². The highest BCUT2D eigenvalue weighted by atomic mass is 79.9. The van der Waals surface area contributed by atoms with Crippen molar-refractivity contribution < 1.29 is 14.3 Å². The Morgan fingerprint density at radius 3 is 2.52 bits per heavy atom. The smallest absolute Gasteiger partial charge is 0.271 e. The number of para-hydroxylation sites is 2. The second kappa shape index (κ2) is 12.9. The highest BCUT2D eigenvalue weighted by Gasteiger charge is 2.32. The predicted molar refractivity (Wildman–Crippen MR) is 177 cm³/mol. The molecule has 0 unspecified atom stereocenters. The number of benzene rings is 4. The molecule has 1 amide bonds. The van der Waals surface area contributed by atoms with Gasteiger partial charge in [0.15, 0.2) is 4.80 Å². The number of aromatic nitrogens is 1. The second-order valence-electron chi connectivity index (χ2n) is 10.1. The number of carbonyl (C=O) groups is 1. The Kier molecular flexibility index (Phi) is 8.58. The number of nitrogens with one attached hydrogen (secondary N) is 1. The molecular weight excluding hydrogens is 638 g/mol. The fraction of sp³-hybridized carbons (Fsp3) is 0.114. The summed E-state index contributed by atoms with van der Waals surface area (Å²) in [7, 11) is 1.59. The number of rotatable bonds is 8. The number of carbonyl (C=O) groups excluding carboxylic acids is 1. The minimum Gasteiger partial charge on any atom is -0.497 e. The van der Waals surface area contributed by atoms with Gasteiger partial charge in [-0.25, -0.2) is 4.99 Å². The maximum atomic E-state index is 14.2. The summed E-state index contributed by atoms with van der Waals surface area (Å²) in [4.78, 5) is 33.2. The molecule has 9 heteroatoms. The molecule has 2 heterocycles. The number of allylic oxidation sites excluding steroid dienone is 1. The number of fused-ring (bicyclic) bond motifs is 1. The Bertz CT molecular complexity index is 2050. The largest absolute Gasteiger partial charge is 0.497 e. The van der Waals surface area contributed by atoms with E-state index < -0.39 is 6.04 Å². The molecule has 0 saturated carbocycles. The van der Waals surface area contributed by atoms with Gasteiger partial charge in [-0.15, -0.1) is 0 Å². The first kappa shape index (κ1) is 29.3. The summed E-state index contributed by atoms with van der Waals surface area (Å²) in [6.45, 7) is 2.18. The highest BCUT2D eigenvalue weighted by Crippen LogP contribution is 2.32. The molecule has 7 nitrogen and oxygen atoms in total. The zero-order chi connectivity index (χ0) is 30.6. The summed E-state index contributed by atoms with van der Waals surface area (Å²) in [5.74, 6) is 0.954. The van der Waals surface area contributed by atoms with Gasteiger partial charge in [-0.05, 0) is 66.6 Å². The van der Waals surface area contributed by atoms with Gasteiger partial charge >= 0.3 is 0 Å². The van der Waals surface area contributed by atoms with Crippen molar-refractivity contribution in [2.75, 3.05) is 12.4 Å². The van der Waals surface area contributed by atoms with Gasteiger partial charge in [-0.1, -0.05) is 87.9 Å². The molecule has 44 heavy (non-hydrogen) atoms. The fourth-order valence-electron chi connectivity index (χ4n) is 5.07. The second-order valence-corrected chi connectivity index (χ2v) is 12.1. The lowest BCUT2D eigenvalue weighted by Gasteiger charge is -2.25. The third-order valence-corrected chi connectivity index (χ3v) is 8.73. The van der Waals surface area contributed by atoms with Gasteiger partial charge in [0.2, 0.25) is 0 Å². The molecule has 5 aromatic rings. The number of thiazole rings is 1. The molecule has 220 valence electrons. The van der Waals surface area contributed by atoms with Gasteiger partial charge in [0.1, 0.15) is 18.1 Å². The van der Waals surface area contributed by atoms with Crippen LogP contribution in [0.5, 0.6) is 11.5 Å². The highest BCUT2D eigenvalue weighted by molar-refractivity contribution is 9.10. The Morgan fingerprint density at radius 1 is 1.00 bits per heavy atom. The monoisotopic (exact) mass is 665 g/mol. The maximum Gasteiger partial charge on any atom is 0.271 e. The lowest BCUT2D eigenvalue weighted by molar-refractivity contribution is -0.113. The van der Waals surface area contributed by atoms with Crippen LogP contribution in [0.3, 0.4) is 0 Å². The normalized spacial score (nSPS) is 14.5. The Labute approximate surface area is 266 Å². The van der Waals surface area contributed by atoms with Crippen LogP contribution in [0.1, 0.15) is 29.7 Å². The van der Waals surface area contributed by atoms with Crippen molar-refractivity contribution in [1.29, 1.82) is 0 Å². The molecular formula is C35H28BrN3O4S. The molecule has 1 N–H and O–H groups in total. The van der Waals surface area contributed by atoms with Crippen molar-refractivity contribution in [3.63, 3.8) is 0 Å². The number of methoxy groups -OCH3 is 1. The average Bonchev–Trinajstić information content (AvgIpc) is 3.34. The van der Waals surface area contributed by atoms with Crippen molar-refractivity contribution in [3.8, 4) is 11.5 Å². The summed E-state index contributed by atoms with van der Waals surface area (Å²) < 4.78 is 14.7. The van der Waals surface area contributed by atoms with E-state index in [0.29, 0.717) is 44.4 Å². The van der Waals surface area contributed by atoms with Gasteiger partial charge in [-0.2, -0.15) is 0 Å². The van der Waals surface area contributed by atoms with Crippen LogP contribution < -0.4 is 29.7 Å². The molecule has 0 saturated heterocycles. The number of halogens is 1. The van der Waals surface area contributed by atoms with Crippen LogP contribution in [-0.4, -0.2) is 17.6 Å². The van der Waals surface area contributed by atoms with Crippen LogP contribution in [0.4, 0.5) is 5.69 Å². The minimum atomic E-state index is -0.712. The average molecular weight is 667 g/mol. The first-order valence-corrected chi connectivity index (χ1v) is 15.5. The number of amides is 1. The summed E-state index contributed by atoms with van der Waals surface area (Å²) >= 11 is 4.74. The number of nitrogens with zero attached hydrogens (tertiary/aromatic N) is 2. The maximum absolute atomic E-state index is 14.2. The van der Waals surface area contributed by atoms with Crippen LogP contribution in [0.25, 0.3) is 6.08 Å². The molecule has 0 bridgehead atoms. The zero-order valence-corrected chi connectivity index (χ0v) is 26.4. The summed E-state index contributed by atoms with van der Waals surface area (Å²) in [5, 5.41) is 2.98. The molecule has 1 aliphatic heterocycles. The number of hydrogen-bond acceptors (Lipinski definition) is 6. The Morgan fingerprint density at radius 2 is 1.75 bits per heavy atom. The number of anilines is 1. The molecule has 1 aliphatic rings. The molecule has 0 spiro atoms. The third kappa shape index (κ3) is 6.15. The SMILES string of the molecule is COc1cccc([C@@H]2C(C(=O)Nc3ccccc3)=C(C)N=c3s/c(=C\c4ccccc4OCc4ccc(Br)cc4)c(=O)n32)c1. The van der Waals surface area contributed by atoms with Crippen molar-refractivity contribution in [2.45, 2.75) is 19.6 Å². The van der Waals surface area contributed by atoms with Crippen LogP contribution in [0.2, 0.25) is 0 Å². The molecule has 6 rings (SSSR count). The van der Waals surface area contributed by atoms with Gasteiger partial charge in [0.05, 0.1) is 29.0 Å². The number of hydrogen-bond donors (Lipinski definition) is 1. The van der Waals surface area contributed by atoms with Crippen LogP contribution in [-0.2, 0) is 11.4 Å². The van der Waals surface area contributed by atoms with Gasteiger partial charge in [0, 0.05) is 15.7 Å². The van der Waals surface area contributed by atoms with Gasteiger partial charge in [0.25, 0.3) is 11.5 Å². The lowest BCUT2D eigenvalue weighted by Crippen LogP contribution is -2.40. The third-order valence-electron chi connectivity index (χ3n) is 7.22. The summed E-state index contributed by atoms with van der Waals surface area (Å²) in [6.07, 6.45) is 1.83. The van der Waals surface area contributed by atoms with E-state index in [0.717, 1.165) is 21.2 Å². The Balaban J connectivity index is 1.43. The van der Waals surface area contributed by atoms with Gasteiger partial charge < -0.3 is 14.8 Å². The molecule has 0 aliphatic carbocycles. The first-order chi connectivity index (χ1) is 21.4. The van der Waals surface area contributed by atoms with E-state index >= 15 is 0 Å². The van der Waals surface area contributed by atoms with Crippen LogP contribution in [0, 0.1) is 0 Å². The van der Waals surface area contributed by atoms with Crippen molar-refractivity contribution in [2.24, 2.45) is 4.99 Å². The lowest BCUT2D eigenvalue weighted by atomic mass is 9.95. The summed E-state index contributed by atoms with van der Waals surface area (Å²) in [6, 6.07) is 31.5. The minimum absolute atomic E-state index is 0.248. The molecule has 1 aromatic heterocycles. The van der Waals surface area contributed by atoms with Crippen LogP contribution in [0.15, 0.2) is 129 Å². The zero-order valence-electron chi connectivity index (χ0n) is 24.0. The topological polar surface area (TPSA) is 81.9 Å². The number of ether oxygens (including phenoxy) is 2. The first-order valence-electron chi connectivity index (χ1n) is 13.9. The van der Waals surface area contributed by atoms with E-state index in [1.54, 1.807) is 18.6 Å². The standard InChI is InChI=1S/C35H28BrN3O4S/c1-22-31(33(40)38-27-11-4-3-5-12-27)32(25-10-8-13-28(19-25)42-2)39-34(41)30(44-35(39)37-22)20-24-9-6-7-14-29(24)43-21-23-15-17-26(36)18-16-23/h3-20,32H,21H2,1-2H3,(H,38,40)/b30-20-/t32-/m1/s1. The van der Waals surface area contributed by atoms with Gasteiger partial charge in [-0.3, -0.25) is 14.2 Å². The van der Waals surface area contributed by atoms with Crippen LogP contribution >= 0.6 is 27.3 Å². The van der Waals surface area contributed by atoms with E-state index in [1.165, 1.54) is 11.3 Å². The van der Waals surface area contributed by atoms with E-state index in [1.807, 2.05) is 109 Å². The quantitative estimate of drug-likeness (QED) is 0.213. The fourth-order valence-corrected chi connectivity index (χ4v) is 6.37. The molecule has 0 radical (unpaired) electrons. The molecule has 4 aromatic carbocycles. The molecule has 0 fully saturated rings. The van der Waals surface area contributed by atoms with Crippen molar-refractivity contribution >= 4 is 44.9 Å². The predicted octanol–water partition coefficient (Wildman–Crippen LogP) is 6.22. The van der Waals surface area contributed by atoms with E-state index in [4.69, 9.17) is 14.5 Å². The molecule has 1 atom stereocenters.